The largest absolute Gasteiger partial charge is 0.480 e. The van der Waals surface area contributed by atoms with Crippen molar-refractivity contribution in [1.29, 1.82) is 0 Å². The molecule has 4 nitrogen and oxygen atoms in total. The number of aryl methyl sites for hydroxylation is 2. The summed E-state index contributed by atoms with van der Waals surface area (Å²) in [7, 11) is 0. The summed E-state index contributed by atoms with van der Waals surface area (Å²) in [5.41, 5.74) is 1.56. The highest BCUT2D eigenvalue weighted by Crippen LogP contribution is 2.12. The minimum Gasteiger partial charge on any atom is -0.480 e. The number of benzene rings is 1. The third-order valence-electron chi connectivity index (χ3n) is 3.34. The average molecular weight is 295 g/mol. The summed E-state index contributed by atoms with van der Waals surface area (Å²) < 4.78 is 13.1. The van der Waals surface area contributed by atoms with Crippen LogP contribution in [0.2, 0.25) is 0 Å². The van der Waals surface area contributed by atoms with Crippen molar-refractivity contribution in [3.8, 4) is 0 Å². The number of rotatable bonds is 7. The molecule has 1 unspecified atom stereocenters. The SMILES string of the molecule is Cc1cc(CCCC(=O)NC(C(=O)O)C(C)C)ccc1F. The van der Waals surface area contributed by atoms with Crippen LogP contribution in [0.5, 0.6) is 0 Å². The maximum atomic E-state index is 13.1. The molecule has 0 saturated heterocycles. The van der Waals surface area contributed by atoms with Gasteiger partial charge in [0, 0.05) is 6.42 Å². The number of carbonyl (C=O) groups excluding carboxylic acids is 1. The lowest BCUT2D eigenvalue weighted by atomic mass is 10.0. The van der Waals surface area contributed by atoms with Crippen LogP contribution >= 0.6 is 0 Å². The molecule has 1 aromatic carbocycles. The van der Waals surface area contributed by atoms with E-state index in [1.54, 1.807) is 32.9 Å². The molecule has 0 radical (unpaired) electrons. The van der Waals surface area contributed by atoms with Gasteiger partial charge in [0.2, 0.25) is 5.91 Å². The fourth-order valence-electron chi connectivity index (χ4n) is 2.07. The second-order valence-corrected chi connectivity index (χ2v) is 5.56. The first-order valence-corrected chi connectivity index (χ1v) is 7.08. The molecule has 0 aliphatic heterocycles. The van der Waals surface area contributed by atoms with Crippen molar-refractivity contribution >= 4 is 11.9 Å². The molecule has 1 atom stereocenters. The zero-order chi connectivity index (χ0) is 16.0. The lowest BCUT2D eigenvalue weighted by molar-refractivity contribution is -0.143. The summed E-state index contributed by atoms with van der Waals surface area (Å²) in [6.07, 6.45) is 1.52. The fraction of sp³-hybridized carbons (Fsp3) is 0.500. The van der Waals surface area contributed by atoms with Gasteiger partial charge < -0.3 is 10.4 Å². The van der Waals surface area contributed by atoms with Crippen LogP contribution in [-0.4, -0.2) is 23.0 Å². The molecule has 0 saturated carbocycles. The lowest BCUT2D eigenvalue weighted by Crippen LogP contribution is -2.44. The van der Waals surface area contributed by atoms with Crippen molar-refractivity contribution in [2.75, 3.05) is 0 Å². The van der Waals surface area contributed by atoms with E-state index < -0.39 is 12.0 Å². The average Bonchev–Trinajstić information content (AvgIpc) is 2.39. The van der Waals surface area contributed by atoms with Crippen molar-refractivity contribution in [3.05, 3.63) is 35.1 Å². The molecule has 0 bridgehead atoms. The quantitative estimate of drug-likeness (QED) is 0.812. The number of halogens is 1. The molecule has 1 rings (SSSR count). The normalized spacial score (nSPS) is 12.2. The number of nitrogens with one attached hydrogen (secondary N) is 1. The van der Waals surface area contributed by atoms with Crippen LogP contribution in [0.15, 0.2) is 18.2 Å². The van der Waals surface area contributed by atoms with E-state index in [-0.39, 0.29) is 24.1 Å². The third kappa shape index (κ3) is 5.53. The molecule has 0 fully saturated rings. The summed E-state index contributed by atoms with van der Waals surface area (Å²) >= 11 is 0. The molecule has 0 aromatic heterocycles. The molecule has 1 amide bonds. The third-order valence-corrected chi connectivity index (χ3v) is 3.34. The smallest absolute Gasteiger partial charge is 0.326 e. The van der Waals surface area contributed by atoms with Crippen LogP contribution in [0.25, 0.3) is 0 Å². The molecule has 116 valence electrons. The molecule has 21 heavy (non-hydrogen) atoms. The van der Waals surface area contributed by atoms with Gasteiger partial charge in [-0.15, -0.1) is 0 Å². The zero-order valence-corrected chi connectivity index (χ0v) is 12.6. The molecule has 2 N–H and O–H groups in total. The van der Waals surface area contributed by atoms with E-state index in [4.69, 9.17) is 5.11 Å². The van der Waals surface area contributed by atoms with E-state index in [1.807, 2.05) is 0 Å². The van der Waals surface area contributed by atoms with Gasteiger partial charge in [-0.05, 0) is 42.9 Å². The number of aliphatic carboxylic acids is 1. The van der Waals surface area contributed by atoms with Crippen molar-refractivity contribution in [1.82, 2.24) is 5.32 Å². The summed E-state index contributed by atoms with van der Waals surface area (Å²) in [5.74, 6) is -1.69. The minimum atomic E-state index is -1.02. The highest BCUT2D eigenvalue weighted by molar-refractivity contribution is 5.83. The van der Waals surface area contributed by atoms with E-state index in [9.17, 15) is 14.0 Å². The Hall–Kier alpha value is -1.91. The van der Waals surface area contributed by atoms with Gasteiger partial charge >= 0.3 is 5.97 Å². The molecule has 0 aliphatic carbocycles. The Morgan fingerprint density at radius 2 is 2.00 bits per heavy atom. The van der Waals surface area contributed by atoms with Gasteiger partial charge in [0.15, 0.2) is 0 Å². The van der Waals surface area contributed by atoms with Crippen LogP contribution < -0.4 is 5.32 Å². The molecule has 1 aromatic rings. The Balaban J connectivity index is 2.42. The van der Waals surface area contributed by atoms with Crippen LogP contribution in [0.3, 0.4) is 0 Å². The first-order chi connectivity index (χ1) is 9.81. The van der Waals surface area contributed by atoms with Gasteiger partial charge in [0.25, 0.3) is 0 Å². The van der Waals surface area contributed by atoms with Gasteiger partial charge in [-0.2, -0.15) is 0 Å². The Bertz CT molecular complexity index is 514. The van der Waals surface area contributed by atoms with Crippen molar-refractivity contribution in [2.45, 2.75) is 46.1 Å². The standard InChI is InChI=1S/C16H22FNO3/c1-10(2)15(16(20)21)18-14(19)6-4-5-12-7-8-13(17)11(3)9-12/h7-10,15H,4-6H2,1-3H3,(H,18,19)(H,20,21). The number of carboxylic acid groups (broad SMARTS) is 1. The minimum absolute atomic E-state index is 0.161. The first kappa shape index (κ1) is 17.1. The predicted octanol–water partition coefficient (Wildman–Crippen LogP) is 2.68. The monoisotopic (exact) mass is 295 g/mol. The Labute approximate surface area is 124 Å². The van der Waals surface area contributed by atoms with Gasteiger partial charge in [0.05, 0.1) is 0 Å². The number of carbonyl (C=O) groups is 2. The van der Waals surface area contributed by atoms with E-state index in [0.29, 0.717) is 18.4 Å². The summed E-state index contributed by atoms with van der Waals surface area (Å²) in [6.45, 7) is 5.20. The van der Waals surface area contributed by atoms with Crippen molar-refractivity contribution < 1.29 is 19.1 Å². The molecular weight excluding hydrogens is 273 g/mol. The second-order valence-electron chi connectivity index (χ2n) is 5.56. The zero-order valence-electron chi connectivity index (χ0n) is 12.6. The van der Waals surface area contributed by atoms with E-state index in [0.717, 1.165) is 5.56 Å². The van der Waals surface area contributed by atoms with Gasteiger partial charge in [0.1, 0.15) is 11.9 Å². The van der Waals surface area contributed by atoms with Crippen LogP contribution in [0.1, 0.15) is 37.8 Å². The highest BCUT2D eigenvalue weighted by atomic mass is 19.1. The van der Waals surface area contributed by atoms with Crippen molar-refractivity contribution in [3.63, 3.8) is 0 Å². The number of hydrogen-bond acceptors (Lipinski definition) is 2. The van der Waals surface area contributed by atoms with Gasteiger partial charge in [-0.25, -0.2) is 9.18 Å². The molecule has 0 heterocycles. The fourth-order valence-corrected chi connectivity index (χ4v) is 2.07. The van der Waals surface area contributed by atoms with Gasteiger partial charge in [-0.3, -0.25) is 4.79 Å². The Morgan fingerprint density at radius 3 is 2.52 bits per heavy atom. The molecule has 0 aliphatic rings. The van der Waals surface area contributed by atoms with E-state index >= 15 is 0 Å². The van der Waals surface area contributed by atoms with E-state index in [1.165, 1.54) is 6.07 Å². The summed E-state index contributed by atoms with van der Waals surface area (Å²) in [6, 6.07) is 4.03. The number of amides is 1. The van der Waals surface area contributed by atoms with E-state index in [2.05, 4.69) is 5.32 Å². The number of carboxylic acids is 1. The van der Waals surface area contributed by atoms with Crippen LogP contribution in [0.4, 0.5) is 4.39 Å². The second kappa shape index (κ2) is 7.76. The van der Waals surface area contributed by atoms with Gasteiger partial charge in [-0.1, -0.05) is 26.0 Å². The maximum Gasteiger partial charge on any atom is 0.326 e. The maximum absolute atomic E-state index is 13.1. The predicted molar refractivity (Wildman–Crippen MR) is 78.5 cm³/mol. The van der Waals surface area contributed by atoms with Crippen molar-refractivity contribution in [2.24, 2.45) is 5.92 Å². The van der Waals surface area contributed by atoms with Crippen LogP contribution in [-0.2, 0) is 16.0 Å². The first-order valence-electron chi connectivity index (χ1n) is 7.08. The number of hydrogen-bond donors (Lipinski definition) is 2. The Morgan fingerprint density at radius 1 is 1.33 bits per heavy atom. The molecule has 0 spiro atoms. The van der Waals surface area contributed by atoms with Crippen LogP contribution in [0, 0.1) is 18.7 Å². The lowest BCUT2D eigenvalue weighted by Gasteiger charge is -2.17. The Kier molecular flexibility index (Phi) is 6.34. The molecular formula is C16H22FNO3. The molecule has 5 heteroatoms. The summed E-state index contributed by atoms with van der Waals surface area (Å²) in [4.78, 5) is 22.7. The summed E-state index contributed by atoms with van der Waals surface area (Å²) in [5, 5.41) is 11.5. The topological polar surface area (TPSA) is 66.4 Å². The highest BCUT2D eigenvalue weighted by Gasteiger charge is 2.22.